The Morgan fingerprint density at radius 3 is 2.56 bits per heavy atom. The summed E-state index contributed by atoms with van der Waals surface area (Å²) in [6.45, 7) is 2.89. The standard InChI is InChI=1S/C17H18FN3O2S2/c1-12-19-16(17-21(12)10-11-24-17)13-6-8-20(9-7-13)25(22,23)15-4-2-14(18)3-5-15/h2-5,10-11,13H,6-9H2,1H3. The minimum atomic E-state index is -3.57. The molecule has 8 heteroatoms. The van der Waals surface area contributed by atoms with Crippen LogP contribution in [0.4, 0.5) is 4.39 Å². The number of halogens is 1. The number of sulfonamides is 1. The first-order valence-corrected chi connectivity index (χ1v) is 10.5. The van der Waals surface area contributed by atoms with Gasteiger partial charge in [-0.1, -0.05) is 0 Å². The molecule has 0 saturated carbocycles. The molecule has 3 aromatic rings. The van der Waals surface area contributed by atoms with E-state index in [-0.39, 0.29) is 10.8 Å². The fraction of sp³-hybridized carbons (Fsp3) is 0.353. The fourth-order valence-electron chi connectivity index (χ4n) is 3.39. The Bertz CT molecular complexity index is 1000. The minimum absolute atomic E-state index is 0.144. The third kappa shape index (κ3) is 2.88. The molecule has 132 valence electrons. The van der Waals surface area contributed by atoms with E-state index in [0.717, 1.165) is 29.2 Å². The minimum Gasteiger partial charge on any atom is -0.294 e. The maximum absolute atomic E-state index is 13.0. The lowest BCUT2D eigenvalue weighted by molar-refractivity contribution is 0.318. The number of piperidine rings is 1. The van der Waals surface area contributed by atoms with E-state index in [1.807, 2.05) is 18.5 Å². The molecule has 0 aliphatic carbocycles. The van der Waals surface area contributed by atoms with Gasteiger partial charge in [-0.25, -0.2) is 17.8 Å². The van der Waals surface area contributed by atoms with Crippen molar-refractivity contribution in [3.05, 3.63) is 53.2 Å². The van der Waals surface area contributed by atoms with Gasteiger partial charge in [0.25, 0.3) is 0 Å². The molecule has 25 heavy (non-hydrogen) atoms. The van der Waals surface area contributed by atoms with Crippen LogP contribution in [-0.2, 0) is 10.0 Å². The zero-order chi connectivity index (χ0) is 17.6. The molecule has 4 rings (SSSR count). The van der Waals surface area contributed by atoms with E-state index in [2.05, 4.69) is 4.40 Å². The van der Waals surface area contributed by atoms with Gasteiger partial charge in [-0.3, -0.25) is 4.40 Å². The van der Waals surface area contributed by atoms with Gasteiger partial charge in [0, 0.05) is 30.6 Å². The molecule has 1 aromatic carbocycles. The summed E-state index contributed by atoms with van der Waals surface area (Å²) in [5, 5.41) is 2.04. The number of benzene rings is 1. The zero-order valence-corrected chi connectivity index (χ0v) is 15.4. The van der Waals surface area contributed by atoms with Gasteiger partial charge in [0.05, 0.1) is 10.6 Å². The summed E-state index contributed by atoms with van der Waals surface area (Å²) < 4.78 is 42.0. The van der Waals surface area contributed by atoms with Crippen LogP contribution in [0.25, 0.3) is 4.83 Å². The molecule has 0 N–H and O–H groups in total. The zero-order valence-electron chi connectivity index (χ0n) is 13.7. The number of aromatic nitrogens is 2. The molecule has 0 radical (unpaired) electrons. The second-order valence-corrected chi connectivity index (χ2v) is 9.09. The van der Waals surface area contributed by atoms with E-state index in [1.165, 1.54) is 28.6 Å². The normalized spacial score (nSPS) is 17.4. The number of thiazole rings is 1. The lowest BCUT2D eigenvalue weighted by Gasteiger charge is -2.30. The number of hydrogen-bond acceptors (Lipinski definition) is 4. The van der Waals surface area contributed by atoms with Crippen LogP contribution in [-0.4, -0.2) is 35.2 Å². The SMILES string of the molecule is Cc1nc(C2CCN(S(=O)(=O)c3ccc(F)cc3)CC2)c2sccn12. The molecule has 0 bridgehead atoms. The van der Waals surface area contributed by atoms with E-state index in [4.69, 9.17) is 4.98 Å². The van der Waals surface area contributed by atoms with Crippen molar-refractivity contribution < 1.29 is 12.8 Å². The predicted molar refractivity (Wildman–Crippen MR) is 94.9 cm³/mol. The van der Waals surface area contributed by atoms with Gasteiger partial charge >= 0.3 is 0 Å². The molecule has 2 aromatic heterocycles. The van der Waals surface area contributed by atoms with Crippen molar-refractivity contribution in [3.63, 3.8) is 0 Å². The van der Waals surface area contributed by atoms with Gasteiger partial charge < -0.3 is 0 Å². The van der Waals surface area contributed by atoms with Crippen molar-refractivity contribution in [2.24, 2.45) is 0 Å². The van der Waals surface area contributed by atoms with Gasteiger partial charge in [0.15, 0.2) is 0 Å². The first kappa shape index (κ1) is 16.7. The van der Waals surface area contributed by atoms with Crippen molar-refractivity contribution in [2.45, 2.75) is 30.6 Å². The Morgan fingerprint density at radius 2 is 1.88 bits per heavy atom. The molecular formula is C17H18FN3O2S2. The van der Waals surface area contributed by atoms with Gasteiger partial charge in [-0.15, -0.1) is 11.3 Å². The highest BCUT2D eigenvalue weighted by Crippen LogP contribution is 2.34. The Kier molecular flexibility index (Phi) is 4.13. The molecule has 3 heterocycles. The van der Waals surface area contributed by atoms with Crippen LogP contribution in [0.15, 0.2) is 40.7 Å². The highest BCUT2D eigenvalue weighted by molar-refractivity contribution is 7.89. The molecule has 0 amide bonds. The van der Waals surface area contributed by atoms with Crippen molar-refractivity contribution in [3.8, 4) is 0 Å². The number of rotatable bonds is 3. The first-order chi connectivity index (χ1) is 12.0. The van der Waals surface area contributed by atoms with Crippen LogP contribution in [0.1, 0.15) is 30.3 Å². The smallest absolute Gasteiger partial charge is 0.243 e. The topological polar surface area (TPSA) is 54.7 Å². The Labute approximate surface area is 149 Å². The highest BCUT2D eigenvalue weighted by Gasteiger charge is 2.31. The van der Waals surface area contributed by atoms with Crippen molar-refractivity contribution >= 4 is 26.2 Å². The van der Waals surface area contributed by atoms with E-state index in [1.54, 1.807) is 11.3 Å². The number of nitrogens with zero attached hydrogens (tertiary/aromatic N) is 3. The summed E-state index contributed by atoms with van der Waals surface area (Å²) in [4.78, 5) is 5.99. The highest BCUT2D eigenvalue weighted by atomic mass is 32.2. The Morgan fingerprint density at radius 1 is 1.20 bits per heavy atom. The van der Waals surface area contributed by atoms with Crippen LogP contribution >= 0.6 is 11.3 Å². The maximum atomic E-state index is 13.0. The van der Waals surface area contributed by atoms with E-state index in [0.29, 0.717) is 13.1 Å². The number of hydrogen-bond donors (Lipinski definition) is 0. The molecule has 1 saturated heterocycles. The molecule has 0 spiro atoms. The van der Waals surface area contributed by atoms with E-state index in [9.17, 15) is 12.8 Å². The van der Waals surface area contributed by atoms with E-state index >= 15 is 0 Å². The summed E-state index contributed by atoms with van der Waals surface area (Å²) >= 11 is 1.67. The predicted octanol–water partition coefficient (Wildman–Crippen LogP) is 3.41. The quantitative estimate of drug-likeness (QED) is 0.701. The molecule has 1 aliphatic rings. The average molecular weight is 379 g/mol. The molecular weight excluding hydrogens is 361 g/mol. The van der Waals surface area contributed by atoms with Crippen molar-refractivity contribution in [2.75, 3.05) is 13.1 Å². The van der Waals surface area contributed by atoms with Gasteiger partial charge in [-0.2, -0.15) is 4.31 Å². The molecule has 0 atom stereocenters. The number of imidazole rings is 1. The lowest BCUT2D eigenvalue weighted by Crippen LogP contribution is -2.38. The monoisotopic (exact) mass is 379 g/mol. The molecule has 1 fully saturated rings. The second-order valence-electron chi connectivity index (χ2n) is 6.25. The van der Waals surface area contributed by atoms with Crippen LogP contribution in [0.3, 0.4) is 0 Å². The third-order valence-corrected chi connectivity index (χ3v) is 7.55. The Balaban J connectivity index is 1.53. The number of aryl methyl sites for hydroxylation is 1. The lowest BCUT2D eigenvalue weighted by atomic mass is 9.95. The maximum Gasteiger partial charge on any atom is 0.243 e. The van der Waals surface area contributed by atoms with Crippen LogP contribution in [0.5, 0.6) is 0 Å². The molecule has 1 aliphatic heterocycles. The third-order valence-electron chi connectivity index (χ3n) is 4.75. The van der Waals surface area contributed by atoms with Crippen molar-refractivity contribution in [1.82, 2.24) is 13.7 Å². The first-order valence-electron chi connectivity index (χ1n) is 8.14. The van der Waals surface area contributed by atoms with Crippen molar-refractivity contribution in [1.29, 1.82) is 0 Å². The summed E-state index contributed by atoms with van der Waals surface area (Å²) in [5.74, 6) is 0.794. The molecule has 0 unspecified atom stereocenters. The summed E-state index contributed by atoms with van der Waals surface area (Å²) in [6.07, 6.45) is 3.49. The second kappa shape index (κ2) is 6.19. The number of fused-ring (bicyclic) bond motifs is 1. The van der Waals surface area contributed by atoms with Crippen LogP contribution < -0.4 is 0 Å². The largest absolute Gasteiger partial charge is 0.294 e. The molecule has 5 nitrogen and oxygen atoms in total. The summed E-state index contributed by atoms with van der Waals surface area (Å²) in [6, 6.07) is 5.01. The Hall–Kier alpha value is -1.77. The van der Waals surface area contributed by atoms with E-state index < -0.39 is 15.8 Å². The van der Waals surface area contributed by atoms with Crippen LogP contribution in [0.2, 0.25) is 0 Å². The fourth-order valence-corrected chi connectivity index (χ4v) is 5.81. The van der Waals surface area contributed by atoms with Gasteiger partial charge in [0.1, 0.15) is 16.5 Å². The summed E-state index contributed by atoms with van der Waals surface area (Å²) in [5.41, 5.74) is 1.08. The van der Waals surface area contributed by atoms with Crippen LogP contribution in [0, 0.1) is 12.7 Å². The van der Waals surface area contributed by atoms with Gasteiger partial charge in [-0.05, 0) is 44.0 Å². The van der Waals surface area contributed by atoms with Gasteiger partial charge in [0.2, 0.25) is 10.0 Å². The average Bonchev–Trinajstić information content (AvgIpc) is 3.20. The summed E-state index contributed by atoms with van der Waals surface area (Å²) in [7, 11) is -3.57.